The van der Waals surface area contributed by atoms with Crippen molar-refractivity contribution in [2.24, 2.45) is 0 Å². The normalized spacial score (nSPS) is 22.9. The molecule has 0 spiro atoms. The Morgan fingerprint density at radius 2 is 1.68 bits per heavy atom. The fraction of sp³-hybridized carbons (Fsp3) is 0.393. The zero-order valence-corrected chi connectivity index (χ0v) is 19.5. The van der Waals surface area contributed by atoms with Crippen molar-refractivity contribution in [1.29, 1.82) is 0 Å². The highest BCUT2D eigenvalue weighted by Gasteiger charge is 2.39. The van der Waals surface area contributed by atoms with E-state index in [1.54, 1.807) is 23.9 Å². The third-order valence-electron chi connectivity index (χ3n) is 7.27. The molecule has 0 unspecified atom stereocenters. The summed E-state index contributed by atoms with van der Waals surface area (Å²) in [7, 11) is 0. The largest absolute Gasteiger partial charge is 0.394 e. The van der Waals surface area contributed by atoms with E-state index in [-0.39, 0.29) is 18.8 Å². The van der Waals surface area contributed by atoms with Crippen LogP contribution in [-0.4, -0.2) is 61.6 Å². The van der Waals surface area contributed by atoms with Gasteiger partial charge in [0.05, 0.1) is 18.8 Å². The highest BCUT2D eigenvalue weighted by molar-refractivity contribution is 5.66. The van der Waals surface area contributed by atoms with Crippen LogP contribution in [0.5, 0.6) is 0 Å². The number of likely N-dealkylation sites (tertiary alicyclic amines) is 1. The lowest BCUT2D eigenvalue weighted by molar-refractivity contribution is -0.0494. The van der Waals surface area contributed by atoms with Crippen LogP contribution in [0.1, 0.15) is 54.8 Å². The molecule has 6 nitrogen and oxygen atoms in total. The first kappa shape index (κ1) is 23.0. The molecule has 178 valence electrons. The van der Waals surface area contributed by atoms with Crippen molar-refractivity contribution in [3.05, 3.63) is 84.0 Å². The summed E-state index contributed by atoms with van der Waals surface area (Å²) in [6, 6.07) is 17.7. The molecule has 34 heavy (non-hydrogen) atoms. The van der Waals surface area contributed by atoms with E-state index < -0.39 is 6.10 Å². The Morgan fingerprint density at radius 3 is 2.26 bits per heavy atom. The number of imidazole rings is 1. The molecule has 1 aliphatic carbocycles. The van der Waals surface area contributed by atoms with E-state index in [9.17, 15) is 15.3 Å². The molecule has 1 saturated carbocycles. The van der Waals surface area contributed by atoms with Crippen LogP contribution < -0.4 is 0 Å². The molecule has 3 aromatic rings. The van der Waals surface area contributed by atoms with Crippen molar-refractivity contribution in [3.8, 4) is 11.1 Å². The highest BCUT2D eigenvalue weighted by atomic mass is 16.3. The summed E-state index contributed by atoms with van der Waals surface area (Å²) in [4.78, 5) is 6.59. The van der Waals surface area contributed by atoms with Gasteiger partial charge in [-0.25, -0.2) is 4.98 Å². The minimum atomic E-state index is -0.691. The predicted octanol–water partition coefficient (Wildman–Crippen LogP) is 3.77. The summed E-state index contributed by atoms with van der Waals surface area (Å²) in [6.07, 6.45) is 8.92. The number of β-amino-alcohol motifs (C(OH)–C–C–N with tert-alkyl or cyclic N) is 1. The summed E-state index contributed by atoms with van der Waals surface area (Å²) in [5.41, 5.74) is 4.84. The van der Waals surface area contributed by atoms with E-state index in [0.717, 1.165) is 18.7 Å². The molecule has 1 saturated heterocycles. The first-order valence-electron chi connectivity index (χ1n) is 12.1. The molecular weight excluding hydrogens is 426 g/mol. The molecule has 0 amide bonds. The van der Waals surface area contributed by atoms with Crippen LogP contribution in [0, 0.1) is 0 Å². The summed E-state index contributed by atoms with van der Waals surface area (Å²) >= 11 is 0. The maximum Gasteiger partial charge on any atom is 0.137 e. The van der Waals surface area contributed by atoms with Gasteiger partial charge in [0, 0.05) is 31.5 Å². The second-order valence-corrected chi connectivity index (χ2v) is 9.65. The number of rotatable bonds is 8. The van der Waals surface area contributed by atoms with Crippen LogP contribution in [0.4, 0.5) is 0 Å². The predicted molar refractivity (Wildman–Crippen MR) is 133 cm³/mol. The van der Waals surface area contributed by atoms with Gasteiger partial charge in [0.25, 0.3) is 0 Å². The standard InChI is InChI=1S/C28H33N3O3/c1-19(33)28-29-12-13-31(28)25(18-32)11-4-20-2-5-21(6-3-20)22-7-9-23(10-8-22)24-14-26(15-24)30-16-27(34)17-30/h2-13,19,24-27,32-34H,14-18H2,1H3/b11-4+/t19-,24?,25-,26?/m0/s1. The number of benzene rings is 2. The molecule has 1 aromatic heterocycles. The average Bonchev–Trinajstić information content (AvgIpc) is 3.28. The lowest BCUT2D eigenvalue weighted by Gasteiger charge is -2.49. The Hall–Kier alpha value is -2.77. The smallest absolute Gasteiger partial charge is 0.137 e. The lowest BCUT2D eigenvalue weighted by atomic mass is 9.74. The van der Waals surface area contributed by atoms with Gasteiger partial charge in [-0.1, -0.05) is 60.7 Å². The number of nitrogens with zero attached hydrogens (tertiary/aromatic N) is 3. The van der Waals surface area contributed by atoms with Gasteiger partial charge in [-0.3, -0.25) is 4.90 Å². The maximum absolute atomic E-state index is 9.88. The quantitative estimate of drug-likeness (QED) is 0.478. The minimum Gasteiger partial charge on any atom is -0.394 e. The Kier molecular flexibility index (Phi) is 6.66. The van der Waals surface area contributed by atoms with Gasteiger partial charge in [0.2, 0.25) is 0 Å². The van der Waals surface area contributed by atoms with Gasteiger partial charge >= 0.3 is 0 Å². The Bertz CT molecular complexity index is 1110. The maximum atomic E-state index is 9.88. The SMILES string of the molecule is C[C@H](O)c1nccn1[C@@H](/C=C/c1ccc(-c2ccc(C3CC(N4CC(O)C4)C3)cc2)cc1)CO. The van der Waals surface area contributed by atoms with Gasteiger partial charge < -0.3 is 19.9 Å². The van der Waals surface area contributed by atoms with Gasteiger partial charge in [-0.05, 0) is 47.9 Å². The van der Waals surface area contributed by atoms with Gasteiger partial charge in [0.15, 0.2) is 0 Å². The van der Waals surface area contributed by atoms with Crippen molar-refractivity contribution in [3.63, 3.8) is 0 Å². The molecule has 2 aromatic carbocycles. The zero-order valence-electron chi connectivity index (χ0n) is 19.5. The van der Waals surface area contributed by atoms with E-state index in [2.05, 4.69) is 58.4 Å². The number of hydrogen-bond acceptors (Lipinski definition) is 5. The van der Waals surface area contributed by atoms with Gasteiger partial charge in [-0.2, -0.15) is 0 Å². The summed E-state index contributed by atoms with van der Waals surface area (Å²) in [5, 5.41) is 29.2. The third-order valence-corrected chi connectivity index (χ3v) is 7.27. The molecule has 2 fully saturated rings. The van der Waals surface area contributed by atoms with Crippen molar-refractivity contribution in [2.45, 2.75) is 50.0 Å². The number of aromatic nitrogens is 2. The summed E-state index contributed by atoms with van der Waals surface area (Å²) in [5.74, 6) is 1.17. The molecule has 2 atom stereocenters. The Labute approximate surface area is 200 Å². The molecule has 2 heterocycles. The van der Waals surface area contributed by atoms with Crippen LogP contribution in [0.3, 0.4) is 0 Å². The second kappa shape index (κ2) is 9.84. The highest BCUT2D eigenvalue weighted by Crippen LogP contribution is 2.41. The van der Waals surface area contributed by atoms with Crippen LogP contribution >= 0.6 is 0 Å². The van der Waals surface area contributed by atoms with E-state index in [1.807, 2.05) is 12.2 Å². The molecule has 5 rings (SSSR count). The zero-order chi connectivity index (χ0) is 23.7. The van der Waals surface area contributed by atoms with Crippen LogP contribution in [-0.2, 0) is 0 Å². The molecule has 0 radical (unpaired) electrons. The number of aliphatic hydroxyl groups excluding tert-OH is 3. The van der Waals surface area contributed by atoms with Crippen LogP contribution in [0.2, 0.25) is 0 Å². The summed E-state index contributed by atoms with van der Waals surface area (Å²) < 4.78 is 1.80. The van der Waals surface area contributed by atoms with Crippen molar-refractivity contribution in [1.82, 2.24) is 14.5 Å². The second-order valence-electron chi connectivity index (χ2n) is 9.65. The Morgan fingerprint density at radius 1 is 1.03 bits per heavy atom. The first-order valence-corrected chi connectivity index (χ1v) is 12.1. The number of hydrogen-bond donors (Lipinski definition) is 3. The summed E-state index contributed by atoms with van der Waals surface area (Å²) in [6.45, 7) is 3.28. The third kappa shape index (κ3) is 4.72. The molecular formula is C28H33N3O3. The van der Waals surface area contributed by atoms with E-state index in [0.29, 0.717) is 17.8 Å². The molecule has 6 heteroatoms. The number of aliphatic hydroxyl groups is 3. The van der Waals surface area contributed by atoms with Gasteiger partial charge in [-0.15, -0.1) is 0 Å². The monoisotopic (exact) mass is 459 g/mol. The Balaban J connectivity index is 1.20. The van der Waals surface area contributed by atoms with E-state index in [1.165, 1.54) is 29.5 Å². The first-order chi connectivity index (χ1) is 16.5. The molecule has 3 N–H and O–H groups in total. The molecule has 1 aliphatic heterocycles. The fourth-order valence-corrected chi connectivity index (χ4v) is 5.07. The lowest BCUT2D eigenvalue weighted by Crippen LogP contribution is -2.58. The van der Waals surface area contributed by atoms with Crippen molar-refractivity contribution in [2.75, 3.05) is 19.7 Å². The minimum absolute atomic E-state index is 0.0707. The molecule has 0 bridgehead atoms. The van der Waals surface area contributed by atoms with Crippen molar-refractivity contribution < 1.29 is 15.3 Å². The fourth-order valence-electron chi connectivity index (χ4n) is 5.07. The topological polar surface area (TPSA) is 81.8 Å². The van der Waals surface area contributed by atoms with Crippen molar-refractivity contribution >= 4 is 6.08 Å². The van der Waals surface area contributed by atoms with E-state index >= 15 is 0 Å². The van der Waals surface area contributed by atoms with Gasteiger partial charge in [0.1, 0.15) is 11.9 Å². The van der Waals surface area contributed by atoms with Crippen LogP contribution in [0.15, 0.2) is 67.0 Å². The van der Waals surface area contributed by atoms with Crippen LogP contribution in [0.25, 0.3) is 17.2 Å². The average molecular weight is 460 g/mol. The molecule has 2 aliphatic rings. The van der Waals surface area contributed by atoms with E-state index in [4.69, 9.17) is 0 Å².